The van der Waals surface area contributed by atoms with Gasteiger partial charge in [0.05, 0.1) is 0 Å². The molecule has 2 aromatic rings. The highest BCUT2D eigenvalue weighted by molar-refractivity contribution is 8.00. The molecular formula is C16H15FN4O2S. The van der Waals surface area contributed by atoms with E-state index in [2.05, 4.69) is 9.97 Å². The van der Waals surface area contributed by atoms with Crippen LogP contribution >= 0.6 is 11.8 Å². The first-order chi connectivity index (χ1) is 11.5. The van der Waals surface area contributed by atoms with Crippen LogP contribution in [-0.4, -0.2) is 44.4 Å². The maximum absolute atomic E-state index is 13.5. The minimum Gasteiger partial charge on any atom is -0.367 e. The summed E-state index contributed by atoms with van der Waals surface area (Å²) in [5, 5.41) is -0.706. The van der Waals surface area contributed by atoms with Gasteiger partial charge in [0.15, 0.2) is 11.1 Å². The molecule has 0 spiro atoms. The number of rotatable bonds is 3. The van der Waals surface area contributed by atoms with E-state index in [1.807, 2.05) is 0 Å². The molecule has 6 nitrogen and oxygen atoms in total. The van der Waals surface area contributed by atoms with Crippen molar-refractivity contribution in [3.8, 4) is 11.3 Å². The Balaban J connectivity index is 2.01. The number of carbonyl (C=O) groups is 2. The Bertz CT molecular complexity index is 814. The Kier molecular flexibility index (Phi) is 4.48. The molecular weight excluding hydrogens is 331 g/mol. The predicted octanol–water partition coefficient (Wildman–Crippen LogP) is 1.59. The number of hydrogen-bond acceptors (Lipinski definition) is 5. The Morgan fingerprint density at radius 1 is 1.33 bits per heavy atom. The molecule has 1 aromatic carbocycles. The van der Waals surface area contributed by atoms with E-state index in [4.69, 9.17) is 5.73 Å². The molecule has 1 saturated heterocycles. The number of hydrogen-bond donors (Lipinski definition) is 1. The molecule has 3 rings (SSSR count). The van der Waals surface area contributed by atoms with Crippen molar-refractivity contribution in [1.82, 2.24) is 14.9 Å². The molecule has 8 heteroatoms. The number of halogens is 1. The molecule has 0 aliphatic carbocycles. The first-order valence-corrected chi connectivity index (χ1v) is 8.33. The van der Waals surface area contributed by atoms with Gasteiger partial charge in [-0.1, -0.05) is 0 Å². The summed E-state index contributed by atoms with van der Waals surface area (Å²) < 4.78 is 13.5. The molecule has 0 saturated carbocycles. The van der Waals surface area contributed by atoms with Crippen molar-refractivity contribution in [3.05, 3.63) is 47.7 Å². The highest BCUT2D eigenvalue weighted by Crippen LogP contribution is 2.28. The van der Waals surface area contributed by atoms with Gasteiger partial charge in [-0.3, -0.25) is 14.6 Å². The van der Waals surface area contributed by atoms with Crippen LogP contribution in [0.2, 0.25) is 0 Å². The Labute approximate surface area is 142 Å². The Morgan fingerprint density at radius 2 is 2.08 bits per heavy atom. The average molecular weight is 346 g/mol. The van der Waals surface area contributed by atoms with Gasteiger partial charge in [-0.2, -0.15) is 0 Å². The number of aromatic nitrogens is 2. The van der Waals surface area contributed by atoms with Crippen LogP contribution in [0.15, 0.2) is 30.6 Å². The van der Waals surface area contributed by atoms with Crippen molar-refractivity contribution >= 4 is 23.6 Å². The van der Waals surface area contributed by atoms with Crippen LogP contribution in [0.4, 0.5) is 4.39 Å². The zero-order valence-corrected chi connectivity index (χ0v) is 13.7. The van der Waals surface area contributed by atoms with Gasteiger partial charge in [-0.25, -0.2) is 9.37 Å². The summed E-state index contributed by atoms with van der Waals surface area (Å²) in [4.78, 5) is 34.1. The number of aryl methyl sites for hydroxylation is 1. The lowest BCUT2D eigenvalue weighted by atomic mass is 10.1. The molecule has 1 aromatic heterocycles. The first-order valence-electron chi connectivity index (χ1n) is 7.28. The van der Waals surface area contributed by atoms with E-state index in [-0.39, 0.29) is 11.5 Å². The second-order valence-electron chi connectivity index (χ2n) is 5.34. The summed E-state index contributed by atoms with van der Waals surface area (Å²) in [5.74, 6) is -0.673. The van der Waals surface area contributed by atoms with Crippen LogP contribution in [0.25, 0.3) is 11.3 Å². The molecule has 24 heavy (non-hydrogen) atoms. The van der Waals surface area contributed by atoms with Gasteiger partial charge < -0.3 is 10.6 Å². The highest BCUT2D eigenvalue weighted by atomic mass is 32.2. The smallest absolute Gasteiger partial charge is 0.276 e. The summed E-state index contributed by atoms with van der Waals surface area (Å²) in [6, 6.07) is 4.49. The number of amides is 2. The van der Waals surface area contributed by atoms with Gasteiger partial charge in [0.1, 0.15) is 11.5 Å². The minimum atomic E-state index is -0.706. The van der Waals surface area contributed by atoms with Crippen LogP contribution < -0.4 is 5.73 Å². The molecule has 0 bridgehead atoms. The lowest BCUT2D eigenvalue weighted by Crippen LogP contribution is -2.43. The van der Waals surface area contributed by atoms with Crippen molar-refractivity contribution in [1.29, 1.82) is 0 Å². The van der Waals surface area contributed by atoms with E-state index in [1.54, 1.807) is 19.1 Å². The standard InChI is InChI=1S/C16H15FN4O2S/c1-9-8-10(2-3-11(9)17)12-13(20-5-4-19-12)15(23)21-6-7-24-16(21)14(18)22/h2-5,8,16H,6-7H2,1H3,(H2,18,22). The molecule has 1 unspecified atom stereocenters. The maximum atomic E-state index is 13.5. The molecule has 2 N–H and O–H groups in total. The van der Waals surface area contributed by atoms with E-state index < -0.39 is 17.2 Å². The third-order valence-corrected chi connectivity index (χ3v) is 4.95. The van der Waals surface area contributed by atoms with E-state index in [0.29, 0.717) is 29.1 Å². The van der Waals surface area contributed by atoms with Gasteiger partial charge >= 0.3 is 0 Å². The molecule has 1 atom stereocenters. The SMILES string of the molecule is Cc1cc(-c2nccnc2C(=O)N2CCSC2C(N)=O)ccc1F. The van der Waals surface area contributed by atoms with Crippen LogP contribution in [0.5, 0.6) is 0 Å². The van der Waals surface area contributed by atoms with E-state index in [9.17, 15) is 14.0 Å². The lowest BCUT2D eigenvalue weighted by molar-refractivity contribution is -0.119. The number of nitrogens with two attached hydrogens (primary N) is 1. The molecule has 1 fully saturated rings. The largest absolute Gasteiger partial charge is 0.367 e. The molecule has 2 amide bonds. The van der Waals surface area contributed by atoms with Gasteiger partial charge in [0, 0.05) is 30.3 Å². The molecule has 1 aliphatic rings. The van der Waals surface area contributed by atoms with E-state index >= 15 is 0 Å². The second-order valence-corrected chi connectivity index (χ2v) is 6.53. The molecule has 0 radical (unpaired) electrons. The normalized spacial score (nSPS) is 17.1. The van der Waals surface area contributed by atoms with Crippen molar-refractivity contribution in [2.45, 2.75) is 12.3 Å². The van der Waals surface area contributed by atoms with Crippen LogP contribution in [0.3, 0.4) is 0 Å². The predicted molar refractivity (Wildman–Crippen MR) is 88.6 cm³/mol. The lowest BCUT2D eigenvalue weighted by Gasteiger charge is -2.21. The number of benzene rings is 1. The zero-order chi connectivity index (χ0) is 17.3. The van der Waals surface area contributed by atoms with Crippen molar-refractivity contribution in [2.24, 2.45) is 5.73 Å². The summed E-state index contributed by atoms with van der Waals surface area (Å²) >= 11 is 1.32. The quantitative estimate of drug-likeness (QED) is 0.912. The van der Waals surface area contributed by atoms with Gasteiger partial charge in [0.2, 0.25) is 0 Å². The second kappa shape index (κ2) is 6.56. The van der Waals surface area contributed by atoms with Gasteiger partial charge in [0.25, 0.3) is 11.8 Å². The highest BCUT2D eigenvalue weighted by Gasteiger charge is 2.35. The zero-order valence-electron chi connectivity index (χ0n) is 12.9. The van der Waals surface area contributed by atoms with Crippen LogP contribution in [-0.2, 0) is 4.79 Å². The number of thioether (sulfide) groups is 1. The summed E-state index contributed by atoms with van der Waals surface area (Å²) in [7, 11) is 0. The molecule has 1 aliphatic heterocycles. The summed E-state index contributed by atoms with van der Waals surface area (Å²) in [6.45, 7) is 2.05. The topological polar surface area (TPSA) is 89.2 Å². The fraction of sp³-hybridized carbons (Fsp3) is 0.250. The first kappa shape index (κ1) is 16.4. The average Bonchev–Trinajstić information content (AvgIpc) is 3.07. The number of carbonyl (C=O) groups excluding carboxylic acids is 2. The fourth-order valence-electron chi connectivity index (χ4n) is 2.55. The number of primary amides is 1. The van der Waals surface area contributed by atoms with E-state index in [0.717, 1.165) is 0 Å². The molecule has 2 heterocycles. The number of nitrogens with zero attached hydrogens (tertiary/aromatic N) is 3. The Hall–Kier alpha value is -2.48. The van der Waals surface area contributed by atoms with Crippen molar-refractivity contribution in [2.75, 3.05) is 12.3 Å². The van der Waals surface area contributed by atoms with Crippen molar-refractivity contribution < 1.29 is 14.0 Å². The monoisotopic (exact) mass is 346 g/mol. The van der Waals surface area contributed by atoms with E-state index in [1.165, 1.54) is 35.1 Å². The Morgan fingerprint density at radius 3 is 2.79 bits per heavy atom. The van der Waals surface area contributed by atoms with Crippen LogP contribution in [0.1, 0.15) is 16.1 Å². The van der Waals surface area contributed by atoms with Gasteiger partial charge in [-0.05, 0) is 30.7 Å². The molecule has 124 valence electrons. The third kappa shape index (κ3) is 2.96. The fourth-order valence-corrected chi connectivity index (χ4v) is 3.62. The van der Waals surface area contributed by atoms with Crippen LogP contribution in [0, 0.1) is 12.7 Å². The maximum Gasteiger partial charge on any atom is 0.276 e. The van der Waals surface area contributed by atoms with Gasteiger partial charge in [-0.15, -0.1) is 11.8 Å². The summed E-state index contributed by atoms with van der Waals surface area (Å²) in [5.41, 5.74) is 6.87. The third-order valence-electron chi connectivity index (χ3n) is 3.73. The summed E-state index contributed by atoms with van der Waals surface area (Å²) in [6.07, 6.45) is 2.88. The minimum absolute atomic E-state index is 0.122. The van der Waals surface area contributed by atoms with Crippen molar-refractivity contribution in [3.63, 3.8) is 0 Å².